The Balaban J connectivity index is 1.55. The molecule has 0 aliphatic heterocycles. The summed E-state index contributed by atoms with van der Waals surface area (Å²) in [4.78, 5) is 22.2. The number of nitrogens with zero attached hydrogens (tertiary/aromatic N) is 4. The molecule has 1 N–H and O–H groups in total. The van der Waals surface area contributed by atoms with Crippen molar-refractivity contribution in [3.63, 3.8) is 0 Å². The highest BCUT2D eigenvalue weighted by molar-refractivity contribution is 6.42. The van der Waals surface area contributed by atoms with Crippen LogP contribution in [-0.4, -0.2) is 39.5 Å². The summed E-state index contributed by atoms with van der Waals surface area (Å²) in [5.41, 5.74) is 1.34. The van der Waals surface area contributed by atoms with Crippen LogP contribution in [0.15, 0.2) is 47.2 Å². The quantitative estimate of drug-likeness (QED) is 0.691. The van der Waals surface area contributed by atoms with E-state index in [-0.39, 0.29) is 12.5 Å². The van der Waals surface area contributed by atoms with E-state index >= 15 is 0 Å². The van der Waals surface area contributed by atoms with Gasteiger partial charge in [-0.2, -0.15) is 4.98 Å². The second-order valence-corrected chi connectivity index (χ2v) is 6.42. The minimum absolute atomic E-state index is 0.144. The zero-order valence-electron chi connectivity index (χ0n) is 13.8. The number of likely N-dealkylation sites (N-methyl/N-ethyl adjacent to an activating group) is 1. The van der Waals surface area contributed by atoms with E-state index in [4.69, 9.17) is 27.7 Å². The lowest BCUT2D eigenvalue weighted by atomic mass is 10.3. The molecule has 0 unspecified atom stereocenters. The summed E-state index contributed by atoms with van der Waals surface area (Å²) in [7, 11) is 1.78. The number of nitrogens with one attached hydrogen (secondary N) is 1. The van der Waals surface area contributed by atoms with Crippen LogP contribution in [-0.2, 0) is 11.3 Å². The molecule has 3 aromatic rings. The number of carbonyl (C=O) groups excluding carboxylic acids is 1. The van der Waals surface area contributed by atoms with Crippen LogP contribution >= 0.6 is 23.2 Å². The fourth-order valence-corrected chi connectivity index (χ4v) is 2.54. The van der Waals surface area contributed by atoms with Gasteiger partial charge in [-0.25, -0.2) is 0 Å². The molecule has 7 nitrogen and oxygen atoms in total. The Morgan fingerprint density at radius 3 is 2.85 bits per heavy atom. The van der Waals surface area contributed by atoms with E-state index in [1.807, 2.05) is 6.07 Å². The zero-order chi connectivity index (χ0) is 18.5. The van der Waals surface area contributed by atoms with Gasteiger partial charge in [-0.3, -0.25) is 14.7 Å². The largest absolute Gasteiger partial charge is 0.338 e. The third kappa shape index (κ3) is 4.78. The van der Waals surface area contributed by atoms with Crippen molar-refractivity contribution < 1.29 is 9.32 Å². The number of anilines is 1. The Hall–Kier alpha value is -2.48. The molecule has 0 aliphatic carbocycles. The monoisotopic (exact) mass is 391 g/mol. The number of carbonyl (C=O) groups is 1. The maximum absolute atomic E-state index is 12.1. The first-order chi connectivity index (χ1) is 12.5. The number of pyridine rings is 1. The Morgan fingerprint density at radius 2 is 2.12 bits per heavy atom. The highest BCUT2D eigenvalue weighted by Gasteiger charge is 2.13. The van der Waals surface area contributed by atoms with Crippen LogP contribution in [0.4, 0.5) is 5.69 Å². The predicted octanol–water partition coefficient (Wildman–Crippen LogP) is 3.51. The molecule has 1 aromatic carbocycles. The second-order valence-electron chi connectivity index (χ2n) is 5.60. The molecule has 0 spiro atoms. The summed E-state index contributed by atoms with van der Waals surface area (Å²) >= 11 is 11.8. The maximum Gasteiger partial charge on any atom is 0.241 e. The van der Waals surface area contributed by atoms with Gasteiger partial charge in [0.1, 0.15) is 0 Å². The summed E-state index contributed by atoms with van der Waals surface area (Å²) in [5.74, 6) is 0.674. The Labute approximate surface area is 159 Å². The van der Waals surface area contributed by atoms with Crippen LogP contribution in [0, 0.1) is 0 Å². The maximum atomic E-state index is 12.1. The van der Waals surface area contributed by atoms with Crippen LogP contribution in [0.3, 0.4) is 0 Å². The van der Waals surface area contributed by atoms with E-state index in [9.17, 15) is 4.79 Å². The molecule has 0 radical (unpaired) electrons. The topological polar surface area (TPSA) is 84.2 Å². The first kappa shape index (κ1) is 18.3. The Morgan fingerprint density at radius 1 is 1.27 bits per heavy atom. The molecule has 134 valence electrons. The number of aromatic nitrogens is 3. The van der Waals surface area contributed by atoms with E-state index in [0.717, 1.165) is 5.56 Å². The first-order valence-electron chi connectivity index (χ1n) is 7.67. The fourth-order valence-electron chi connectivity index (χ4n) is 2.24. The molecule has 2 heterocycles. The van der Waals surface area contributed by atoms with Gasteiger partial charge in [0.2, 0.25) is 17.6 Å². The molecule has 1 amide bonds. The van der Waals surface area contributed by atoms with Crippen molar-refractivity contribution in [2.75, 3.05) is 18.9 Å². The normalized spacial score (nSPS) is 10.9. The van der Waals surface area contributed by atoms with Crippen LogP contribution in [0.5, 0.6) is 0 Å². The molecule has 0 bridgehead atoms. The van der Waals surface area contributed by atoms with Crippen LogP contribution in [0.2, 0.25) is 10.0 Å². The standard InChI is InChI=1S/C17H15Cl2N5O2/c1-24(9-15(25)21-12-4-5-13(18)14(19)7-12)10-16-22-17(23-26-16)11-3-2-6-20-8-11/h2-8H,9-10H2,1H3,(H,21,25). The lowest BCUT2D eigenvalue weighted by molar-refractivity contribution is -0.117. The van der Waals surface area contributed by atoms with Gasteiger partial charge in [0, 0.05) is 23.6 Å². The molecule has 0 fully saturated rings. The van der Waals surface area contributed by atoms with Crippen molar-refractivity contribution in [1.82, 2.24) is 20.0 Å². The molecule has 2 aromatic heterocycles. The molecule has 0 atom stereocenters. The third-order valence-electron chi connectivity index (χ3n) is 3.41. The molecule has 0 saturated carbocycles. The van der Waals surface area contributed by atoms with Crippen molar-refractivity contribution in [2.45, 2.75) is 6.54 Å². The first-order valence-corrected chi connectivity index (χ1v) is 8.43. The highest BCUT2D eigenvalue weighted by atomic mass is 35.5. The van der Waals surface area contributed by atoms with Crippen molar-refractivity contribution >= 4 is 34.8 Å². The molecular weight excluding hydrogens is 377 g/mol. The van der Waals surface area contributed by atoms with Crippen molar-refractivity contribution in [3.8, 4) is 11.4 Å². The lowest BCUT2D eigenvalue weighted by Gasteiger charge is -2.14. The minimum atomic E-state index is -0.196. The third-order valence-corrected chi connectivity index (χ3v) is 4.15. The number of rotatable bonds is 6. The van der Waals surface area contributed by atoms with Crippen molar-refractivity contribution in [3.05, 3.63) is 58.7 Å². The van der Waals surface area contributed by atoms with Crippen LogP contribution in [0.25, 0.3) is 11.4 Å². The van der Waals surface area contributed by atoms with Crippen LogP contribution < -0.4 is 5.32 Å². The number of benzene rings is 1. The van der Waals surface area contributed by atoms with Crippen LogP contribution in [0.1, 0.15) is 5.89 Å². The molecule has 26 heavy (non-hydrogen) atoms. The second kappa shape index (κ2) is 8.27. The highest BCUT2D eigenvalue weighted by Crippen LogP contribution is 2.25. The van der Waals surface area contributed by atoms with E-state index < -0.39 is 0 Å². The SMILES string of the molecule is CN(CC(=O)Nc1ccc(Cl)c(Cl)c1)Cc1nc(-c2cccnc2)no1. The Bertz CT molecular complexity index is 901. The van der Waals surface area contributed by atoms with Gasteiger partial charge in [-0.15, -0.1) is 0 Å². The number of hydrogen-bond donors (Lipinski definition) is 1. The number of halogens is 2. The Kier molecular flexibility index (Phi) is 5.82. The summed E-state index contributed by atoms with van der Waals surface area (Å²) in [6, 6.07) is 8.55. The van der Waals surface area contributed by atoms with Gasteiger partial charge in [-0.05, 0) is 37.4 Å². The van der Waals surface area contributed by atoms with E-state index in [0.29, 0.717) is 34.0 Å². The molecule has 3 rings (SSSR count). The van der Waals surface area contributed by atoms with Gasteiger partial charge in [0.25, 0.3) is 0 Å². The average molecular weight is 392 g/mol. The van der Waals surface area contributed by atoms with Crippen molar-refractivity contribution in [1.29, 1.82) is 0 Å². The predicted molar refractivity (Wildman–Crippen MR) is 99.0 cm³/mol. The molecule has 0 saturated heterocycles. The minimum Gasteiger partial charge on any atom is -0.338 e. The van der Waals surface area contributed by atoms with Gasteiger partial charge in [-0.1, -0.05) is 28.4 Å². The smallest absolute Gasteiger partial charge is 0.241 e. The average Bonchev–Trinajstić information content (AvgIpc) is 3.07. The molecule has 0 aliphatic rings. The van der Waals surface area contributed by atoms with E-state index in [2.05, 4.69) is 20.4 Å². The number of amides is 1. The summed E-state index contributed by atoms with van der Waals surface area (Å²) in [5, 5.41) is 7.50. The van der Waals surface area contributed by atoms with Gasteiger partial charge in [0.15, 0.2) is 0 Å². The molecule has 9 heteroatoms. The van der Waals surface area contributed by atoms with Crippen molar-refractivity contribution in [2.24, 2.45) is 0 Å². The summed E-state index contributed by atoms with van der Waals surface area (Å²) < 4.78 is 5.22. The van der Waals surface area contributed by atoms with Gasteiger partial charge in [0.05, 0.1) is 23.1 Å². The zero-order valence-corrected chi connectivity index (χ0v) is 15.3. The summed E-state index contributed by atoms with van der Waals surface area (Å²) in [6.45, 7) is 0.479. The molecular formula is C17H15Cl2N5O2. The summed E-state index contributed by atoms with van der Waals surface area (Å²) in [6.07, 6.45) is 3.33. The van der Waals surface area contributed by atoms with Gasteiger partial charge < -0.3 is 9.84 Å². The van der Waals surface area contributed by atoms with E-state index in [1.54, 1.807) is 48.6 Å². The lowest BCUT2D eigenvalue weighted by Crippen LogP contribution is -2.29. The van der Waals surface area contributed by atoms with Gasteiger partial charge >= 0.3 is 0 Å². The fraction of sp³-hybridized carbons (Fsp3) is 0.176. The van der Waals surface area contributed by atoms with E-state index in [1.165, 1.54) is 0 Å². The number of hydrogen-bond acceptors (Lipinski definition) is 6.